The number of benzene rings is 1. The molecular weight excluding hydrogens is 215 g/mol. The zero-order valence-electron chi connectivity index (χ0n) is 9.28. The number of nitrogens with one attached hydrogen (secondary N) is 1. The molecule has 0 heterocycles. The van der Waals surface area contributed by atoms with Gasteiger partial charge in [0.2, 0.25) is 0 Å². The van der Waals surface area contributed by atoms with Crippen molar-refractivity contribution in [1.82, 2.24) is 0 Å². The Morgan fingerprint density at radius 3 is 2.12 bits per heavy atom. The topological polar surface area (TPSA) is 12.0 Å². The van der Waals surface area contributed by atoms with Crippen molar-refractivity contribution in [3.8, 4) is 0 Å². The molecule has 4 heteroatoms. The van der Waals surface area contributed by atoms with Crippen LogP contribution in [-0.2, 0) is 6.18 Å². The maximum Gasteiger partial charge on any atom is 0.416 e. The molecule has 0 atom stereocenters. The normalized spacial score (nSPS) is 11.3. The van der Waals surface area contributed by atoms with Gasteiger partial charge in [-0.05, 0) is 37.1 Å². The Kier molecular flexibility index (Phi) is 3.62. The number of rotatable bonds is 3. The second-order valence-electron chi connectivity index (χ2n) is 3.65. The van der Waals surface area contributed by atoms with Crippen LogP contribution in [0, 0.1) is 13.8 Å². The molecule has 0 aromatic heterocycles. The molecule has 0 amide bonds. The average molecular weight is 229 g/mol. The first-order valence-corrected chi connectivity index (χ1v) is 4.89. The van der Waals surface area contributed by atoms with Crippen molar-refractivity contribution in [3.63, 3.8) is 0 Å². The summed E-state index contributed by atoms with van der Waals surface area (Å²) < 4.78 is 37.5. The number of alkyl halides is 3. The minimum atomic E-state index is -4.29. The first-order valence-electron chi connectivity index (χ1n) is 4.89. The van der Waals surface area contributed by atoms with E-state index in [9.17, 15) is 13.2 Å². The zero-order chi connectivity index (χ0) is 12.3. The highest BCUT2D eigenvalue weighted by atomic mass is 19.4. The quantitative estimate of drug-likeness (QED) is 0.774. The minimum Gasteiger partial charge on any atom is -0.381 e. The van der Waals surface area contributed by atoms with Gasteiger partial charge in [-0.3, -0.25) is 0 Å². The predicted octanol–water partition coefficient (Wildman–Crippen LogP) is 3.92. The summed E-state index contributed by atoms with van der Waals surface area (Å²) in [6.45, 7) is 7.40. The summed E-state index contributed by atoms with van der Waals surface area (Å²) in [6, 6.07) is 2.30. The lowest BCUT2D eigenvalue weighted by molar-refractivity contribution is -0.137. The van der Waals surface area contributed by atoms with Gasteiger partial charge in [-0.1, -0.05) is 6.08 Å². The molecule has 0 spiro atoms. The number of halogens is 3. The van der Waals surface area contributed by atoms with Gasteiger partial charge in [-0.15, -0.1) is 6.58 Å². The SMILES string of the molecule is C=CCNc1c(C)cc(C(F)(F)F)cc1C. The van der Waals surface area contributed by atoms with Crippen molar-refractivity contribution in [2.45, 2.75) is 20.0 Å². The molecule has 1 nitrogen and oxygen atoms in total. The van der Waals surface area contributed by atoms with Gasteiger partial charge in [0.25, 0.3) is 0 Å². The molecule has 88 valence electrons. The van der Waals surface area contributed by atoms with Gasteiger partial charge >= 0.3 is 6.18 Å². The fraction of sp³-hybridized carbons (Fsp3) is 0.333. The summed E-state index contributed by atoms with van der Waals surface area (Å²) in [5.74, 6) is 0. The lowest BCUT2D eigenvalue weighted by Crippen LogP contribution is -2.08. The second kappa shape index (κ2) is 4.60. The van der Waals surface area contributed by atoms with E-state index in [1.165, 1.54) is 0 Å². The highest BCUT2D eigenvalue weighted by Gasteiger charge is 2.31. The number of aryl methyl sites for hydroxylation is 2. The monoisotopic (exact) mass is 229 g/mol. The molecule has 0 aliphatic rings. The lowest BCUT2D eigenvalue weighted by Gasteiger charge is -2.15. The van der Waals surface area contributed by atoms with E-state index in [1.807, 2.05) is 0 Å². The van der Waals surface area contributed by atoms with E-state index < -0.39 is 11.7 Å². The standard InChI is InChI=1S/C12H14F3N/c1-4-5-16-11-8(2)6-10(7-9(11)3)12(13,14)15/h4,6-7,16H,1,5H2,2-3H3. The Hall–Kier alpha value is -1.45. The molecule has 0 unspecified atom stereocenters. The molecule has 1 aromatic carbocycles. The maximum atomic E-state index is 12.5. The Labute approximate surface area is 93.0 Å². The van der Waals surface area contributed by atoms with Gasteiger partial charge in [-0.25, -0.2) is 0 Å². The largest absolute Gasteiger partial charge is 0.416 e. The van der Waals surface area contributed by atoms with Crippen molar-refractivity contribution in [2.75, 3.05) is 11.9 Å². The van der Waals surface area contributed by atoms with Crippen molar-refractivity contribution in [3.05, 3.63) is 41.5 Å². The van der Waals surface area contributed by atoms with E-state index in [1.54, 1.807) is 19.9 Å². The molecule has 0 saturated carbocycles. The lowest BCUT2D eigenvalue weighted by atomic mass is 10.0. The second-order valence-corrected chi connectivity index (χ2v) is 3.65. The van der Waals surface area contributed by atoms with Gasteiger partial charge < -0.3 is 5.32 Å². The summed E-state index contributed by atoms with van der Waals surface area (Å²) in [5, 5.41) is 3.02. The van der Waals surface area contributed by atoms with Gasteiger partial charge in [0.1, 0.15) is 0 Å². The number of hydrogen-bond donors (Lipinski definition) is 1. The number of anilines is 1. The van der Waals surface area contributed by atoms with E-state index in [4.69, 9.17) is 0 Å². The smallest absolute Gasteiger partial charge is 0.381 e. The predicted molar refractivity (Wildman–Crippen MR) is 59.6 cm³/mol. The fourth-order valence-electron chi connectivity index (χ4n) is 1.58. The van der Waals surface area contributed by atoms with Gasteiger partial charge in [0, 0.05) is 12.2 Å². The molecule has 16 heavy (non-hydrogen) atoms. The highest BCUT2D eigenvalue weighted by Crippen LogP contribution is 2.33. The summed E-state index contributed by atoms with van der Waals surface area (Å²) in [7, 11) is 0. The first-order chi connectivity index (χ1) is 7.36. The Balaban J connectivity index is 3.12. The summed E-state index contributed by atoms with van der Waals surface area (Å²) >= 11 is 0. The van der Waals surface area contributed by atoms with E-state index >= 15 is 0 Å². The van der Waals surface area contributed by atoms with Crippen LogP contribution in [0.3, 0.4) is 0 Å². The number of hydrogen-bond acceptors (Lipinski definition) is 1. The maximum absolute atomic E-state index is 12.5. The Morgan fingerprint density at radius 1 is 1.25 bits per heavy atom. The zero-order valence-corrected chi connectivity index (χ0v) is 9.28. The summed E-state index contributed by atoms with van der Waals surface area (Å²) in [6.07, 6.45) is -2.62. The van der Waals surface area contributed by atoms with Gasteiger partial charge in [0.15, 0.2) is 0 Å². The van der Waals surface area contributed by atoms with Crippen molar-refractivity contribution < 1.29 is 13.2 Å². The summed E-state index contributed by atoms with van der Waals surface area (Å²) in [5.41, 5.74) is 1.32. The Morgan fingerprint density at radius 2 is 1.75 bits per heavy atom. The highest BCUT2D eigenvalue weighted by molar-refractivity contribution is 5.58. The van der Waals surface area contributed by atoms with E-state index in [-0.39, 0.29) is 0 Å². The third-order valence-electron chi connectivity index (χ3n) is 2.28. The van der Waals surface area contributed by atoms with Crippen LogP contribution in [0.1, 0.15) is 16.7 Å². The molecule has 0 bridgehead atoms. The molecule has 0 aliphatic carbocycles. The van der Waals surface area contributed by atoms with Crippen LogP contribution in [0.25, 0.3) is 0 Å². The van der Waals surface area contributed by atoms with Crippen molar-refractivity contribution >= 4 is 5.69 Å². The van der Waals surface area contributed by atoms with Crippen LogP contribution in [0.15, 0.2) is 24.8 Å². The average Bonchev–Trinajstić information content (AvgIpc) is 2.15. The van der Waals surface area contributed by atoms with Crippen LogP contribution < -0.4 is 5.32 Å². The third kappa shape index (κ3) is 2.78. The van der Waals surface area contributed by atoms with Crippen LogP contribution in [0.4, 0.5) is 18.9 Å². The van der Waals surface area contributed by atoms with Crippen LogP contribution in [0.5, 0.6) is 0 Å². The van der Waals surface area contributed by atoms with Crippen LogP contribution in [0.2, 0.25) is 0 Å². The molecule has 0 radical (unpaired) electrons. The molecule has 0 saturated heterocycles. The minimum absolute atomic E-state index is 0.535. The van der Waals surface area contributed by atoms with Crippen LogP contribution in [-0.4, -0.2) is 6.54 Å². The molecule has 0 fully saturated rings. The van der Waals surface area contributed by atoms with Gasteiger partial charge in [0.05, 0.1) is 5.56 Å². The van der Waals surface area contributed by atoms with Crippen LogP contribution >= 0.6 is 0 Å². The van der Waals surface area contributed by atoms with E-state index in [2.05, 4.69) is 11.9 Å². The molecule has 1 aromatic rings. The first kappa shape index (κ1) is 12.6. The Bertz CT molecular complexity index is 371. The molecule has 1 rings (SSSR count). The van der Waals surface area contributed by atoms with Gasteiger partial charge in [-0.2, -0.15) is 13.2 Å². The molecular formula is C12H14F3N. The van der Waals surface area contributed by atoms with E-state index in [0.29, 0.717) is 17.7 Å². The van der Waals surface area contributed by atoms with E-state index in [0.717, 1.165) is 17.8 Å². The van der Waals surface area contributed by atoms with Crippen molar-refractivity contribution in [1.29, 1.82) is 0 Å². The summed E-state index contributed by atoms with van der Waals surface area (Å²) in [4.78, 5) is 0. The fourth-order valence-corrected chi connectivity index (χ4v) is 1.58. The van der Waals surface area contributed by atoms with Crippen molar-refractivity contribution in [2.24, 2.45) is 0 Å². The third-order valence-corrected chi connectivity index (χ3v) is 2.28. The molecule has 0 aliphatic heterocycles. The molecule has 1 N–H and O–H groups in total.